The summed E-state index contributed by atoms with van der Waals surface area (Å²) in [6.07, 6.45) is 0. The normalized spacial score (nSPS) is 11.2. The highest BCUT2D eigenvalue weighted by atomic mass is 32.2. The Bertz CT molecular complexity index is 782. The van der Waals surface area contributed by atoms with E-state index in [9.17, 15) is 0 Å². The zero-order valence-electron chi connectivity index (χ0n) is 13.8. The predicted molar refractivity (Wildman–Crippen MR) is 96.3 cm³/mol. The smallest absolute Gasteiger partial charge is 0.209 e. The van der Waals surface area contributed by atoms with Gasteiger partial charge in [-0.3, -0.25) is 0 Å². The van der Waals surface area contributed by atoms with Crippen molar-refractivity contribution in [2.24, 2.45) is 5.92 Å². The number of benzene rings is 1. The molecule has 0 N–H and O–H groups in total. The molecule has 6 nitrogen and oxygen atoms in total. The van der Waals surface area contributed by atoms with E-state index < -0.39 is 0 Å². The van der Waals surface area contributed by atoms with Crippen LogP contribution >= 0.6 is 23.1 Å². The van der Waals surface area contributed by atoms with Crippen molar-refractivity contribution in [1.29, 1.82) is 0 Å². The van der Waals surface area contributed by atoms with E-state index in [-0.39, 0.29) is 0 Å². The summed E-state index contributed by atoms with van der Waals surface area (Å²) in [5.74, 6) is 2.11. The van der Waals surface area contributed by atoms with Crippen LogP contribution in [-0.2, 0) is 12.3 Å². The maximum absolute atomic E-state index is 5.19. The van der Waals surface area contributed by atoms with Crippen LogP contribution in [0.5, 0.6) is 5.75 Å². The van der Waals surface area contributed by atoms with Gasteiger partial charge in [0.25, 0.3) is 0 Å². The van der Waals surface area contributed by atoms with Gasteiger partial charge in [-0.25, -0.2) is 9.67 Å². The summed E-state index contributed by atoms with van der Waals surface area (Å²) < 4.78 is 7.04. The second kappa shape index (κ2) is 7.76. The average molecular weight is 361 g/mol. The minimum Gasteiger partial charge on any atom is -0.497 e. The molecule has 0 amide bonds. The first kappa shape index (κ1) is 16.9. The Morgan fingerprint density at radius 1 is 1.25 bits per heavy atom. The second-order valence-electron chi connectivity index (χ2n) is 5.70. The molecule has 126 valence electrons. The Hall–Kier alpha value is -1.93. The number of tetrazole rings is 1. The minimum absolute atomic E-state index is 0.508. The molecule has 0 unspecified atom stereocenters. The first-order valence-electron chi connectivity index (χ1n) is 7.63. The molecular weight excluding hydrogens is 342 g/mol. The lowest BCUT2D eigenvalue weighted by Gasteiger charge is -2.05. The molecular formula is C16H19N5OS2. The molecule has 2 aromatic heterocycles. The first-order valence-corrected chi connectivity index (χ1v) is 9.50. The molecule has 8 heteroatoms. The molecule has 0 spiro atoms. The fraction of sp³-hybridized carbons (Fsp3) is 0.375. The van der Waals surface area contributed by atoms with Crippen LogP contribution in [-0.4, -0.2) is 32.3 Å². The summed E-state index contributed by atoms with van der Waals surface area (Å²) in [7, 11) is 1.67. The monoisotopic (exact) mass is 361 g/mol. The van der Waals surface area contributed by atoms with Crippen LogP contribution in [0.15, 0.2) is 34.8 Å². The zero-order chi connectivity index (χ0) is 16.9. The maximum Gasteiger partial charge on any atom is 0.209 e. The lowest BCUT2D eigenvalue weighted by atomic mass is 10.2. The van der Waals surface area contributed by atoms with Gasteiger partial charge in [0, 0.05) is 23.2 Å². The van der Waals surface area contributed by atoms with E-state index in [0.29, 0.717) is 5.92 Å². The van der Waals surface area contributed by atoms with Gasteiger partial charge in [0.05, 0.1) is 12.8 Å². The van der Waals surface area contributed by atoms with Gasteiger partial charge in [0.2, 0.25) is 5.16 Å². The Morgan fingerprint density at radius 3 is 2.75 bits per heavy atom. The van der Waals surface area contributed by atoms with Crippen molar-refractivity contribution < 1.29 is 4.74 Å². The molecule has 3 aromatic rings. The topological polar surface area (TPSA) is 65.7 Å². The Morgan fingerprint density at radius 2 is 2.04 bits per heavy atom. The third kappa shape index (κ3) is 4.12. The molecule has 24 heavy (non-hydrogen) atoms. The van der Waals surface area contributed by atoms with Crippen LogP contribution in [0, 0.1) is 5.92 Å². The molecule has 3 rings (SSSR count). The van der Waals surface area contributed by atoms with Crippen LogP contribution in [0.4, 0.5) is 0 Å². The van der Waals surface area contributed by atoms with Gasteiger partial charge in [0.15, 0.2) is 0 Å². The van der Waals surface area contributed by atoms with Crippen LogP contribution < -0.4 is 4.74 Å². The first-order chi connectivity index (χ1) is 11.7. The highest BCUT2D eigenvalue weighted by Gasteiger charge is 2.11. The SMILES string of the molecule is COc1ccc(-c2nc(CSc3nnnn3CC(C)C)cs2)cc1. The van der Waals surface area contributed by atoms with Gasteiger partial charge in [-0.15, -0.1) is 16.4 Å². The summed E-state index contributed by atoms with van der Waals surface area (Å²) >= 11 is 3.26. The minimum atomic E-state index is 0.508. The van der Waals surface area contributed by atoms with Gasteiger partial charge >= 0.3 is 0 Å². The number of hydrogen-bond acceptors (Lipinski definition) is 7. The van der Waals surface area contributed by atoms with Crippen LogP contribution in [0.25, 0.3) is 10.6 Å². The molecule has 1 aromatic carbocycles. The molecule has 0 saturated heterocycles. The largest absolute Gasteiger partial charge is 0.497 e. The molecule has 0 fully saturated rings. The standard InChI is InChI=1S/C16H19N5OS2/c1-11(2)8-21-16(18-19-20-21)24-10-13-9-23-15(17-13)12-4-6-14(22-3)7-5-12/h4-7,9,11H,8,10H2,1-3H3. The summed E-state index contributed by atoms with van der Waals surface area (Å²) in [6, 6.07) is 7.95. The fourth-order valence-electron chi connectivity index (χ4n) is 2.14. The van der Waals surface area contributed by atoms with Crippen molar-refractivity contribution in [2.75, 3.05) is 7.11 Å². The van der Waals surface area contributed by atoms with E-state index in [1.54, 1.807) is 30.2 Å². The Labute approximate surface area is 149 Å². The number of thiazole rings is 1. The van der Waals surface area contributed by atoms with Crippen molar-refractivity contribution in [3.63, 3.8) is 0 Å². The van der Waals surface area contributed by atoms with E-state index in [4.69, 9.17) is 9.72 Å². The third-order valence-corrected chi connectivity index (χ3v) is 5.21. The molecule has 0 bridgehead atoms. The molecule has 2 heterocycles. The quantitative estimate of drug-likeness (QED) is 0.597. The number of thioether (sulfide) groups is 1. The number of methoxy groups -OCH3 is 1. The van der Waals surface area contributed by atoms with Gasteiger partial charge in [0.1, 0.15) is 10.8 Å². The number of ether oxygens (including phenoxy) is 1. The van der Waals surface area contributed by atoms with Gasteiger partial charge in [-0.1, -0.05) is 25.6 Å². The van der Waals surface area contributed by atoms with Crippen molar-refractivity contribution in [3.05, 3.63) is 35.3 Å². The fourth-order valence-corrected chi connectivity index (χ4v) is 3.85. The number of rotatable bonds is 7. The van der Waals surface area contributed by atoms with Crippen molar-refractivity contribution in [2.45, 2.75) is 31.3 Å². The van der Waals surface area contributed by atoms with E-state index in [1.807, 2.05) is 28.9 Å². The van der Waals surface area contributed by atoms with Crippen molar-refractivity contribution in [3.8, 4) is 16.3 Å². The third-order valence-electron chi connectivity index (χ3n) is 3.27. The number of hydrogen-bond donors (Lipinski definition) is 0. The molecule has 0 aliphatic heterocycles. The van der Waals surface area contributed by atoms with Crippen LogP contribution in [0.1, 0.15) is 19.5 Å². The highest BCUT2D eigenvalue weighted by Crippen LogP contribution is 2.28. The van der Waals surface area contributed by atoms with Gasteiger partial charge < -0.3 is 4.74 Å². The van der Waals surface area contributed by atoms with Crippen molar-refractivity contribution >= 4 is 23.1 Å². The second-order valence-corrected chi connectivity index (χ2v) is 7.50. The Balaban J connectivity index is 1.65. The van der Waals surface area contributed by atoms with E-state index in [2.05, 4.69) is 34.8 Å². The average Bonchev–Trinajstić information content (AvgIpc) is 3.22. The zero-order valence-corrected chi connectivity index (χ0v) is 15.5. The highest BCUT2D eigenvalue weighted by molar-refractivity contribution is 7.98. The van der Waals surface area contributed by atoms with Crippen LogP contribution in [0.3, 0.4) is 0 Å². The summed E-state index contributed by atoms with van der Waals surface area (Å²) in [5, 5.41) is 15.8. The molecule has 0 saturated carbocycles. The summed E-state index contributed by atoms with van der Waals surface area (Å²) in [6.45, 7) is 5.12. The lowest BCUT2D eigenvalue weighted by molar-refractivity contribution is 0.415. The van der Waals surface area contributed by atoms with Crippen molar-refractivity contribution in [1.82, 2.24) is 25.2 Å². The molecule has 0 aliphatic rings. The van der Waals surface area contributed by atoms with Gasteiger partial charge in [-0.2, -0.15) is 0 Å². The summed E-state index contributed by atoms with van der Waals surface area (Å²) in [5.41, 5.74) is 2.14. The molecule has 0 radical (unpaired) electrons. The molecule has 0 aliphatic carbocycles. The van der Waals surface area contributed by atoms with Gasteiger partial charge in [-0.05, 0) is 40.6 Å². The van der Waals surface area contributed by atoms with E-state index in [1.165, 1.54) is 0 Å². The Kier molecular flexibility index (Phi) is 5.47. The maximum atomic E-state index is 5.19. The van der Waals surface area contributed by atoms with E-state index >= 15 is 0 Å². The molecule has 0 atom stereocenters. The summed E-state index contributed by atoms with van der Waals surface area (Å²) in [4.78, 5) is 4.71. The van der Waals surface area contributed by atoms with Crippen LogP contribution in [0.2, 0.25) is 0 Å². The predicted octanol–water partition coefficient (Wildman–Crippen LogP) is 3.75. The lowest BCUT2D eigenvalue weighted by Crippen LogP contribution is -2.07. The number of aromatic nitrogens is 5. The number of nitrogens with zero attached hydrogens (tertiary/aromatic N) is 5. The van der Waals surface area contributed by atoms with E-state index in [0.717, 1.165) is 39.5 Å².